The van der Waals surface area contributed by atoms with Crippen LogP contribution in [0.3, 0.4) is 0 Å². The molecule has 0 fully saturated rings. The van der Waals surface area contributed by atoms with E-state index in [1.54, 1.807) is 0 Å². The molecule has 0 unspecified atom stereocenters. The van der Waals surface area contributed by atoms with Gasteiger partial charge in [-0.05, 0) is 37.5 Å². The maximum Gasteiger partial charge on any atom is 0.453 e. The zero-order valence-electron chi connectivity index (χ0n) is 11.2. The smallest absolute Gasteiger partial charge is 0.305 e. The molecule has 3 heteroatoms. The second kappa shape index (κ2) is 8.43. The molecule has 0 aliphatic carbocycles. The summed E-state index contributed by atoms with van der Waals surface area (Å²) in [5, 5.41) is 10.9. The molecule has 16 heavy (non-hydrogen) atoms. The average Bonchev–Trinajstić information content (AvgIpc) is 2.14. The first-order chi connectivity index (χ1) is 7.43. The summed E-state index contributed by atoms with van der Waals surface area (Å²) in [7, 11) is 0. The van der Waals surface area contributed by atoms with Crippen molar-refractivity contribution >= 4 is 6.09 Å². The van der Waals surface area contributed by atoms with E-state index in [2.05, 4.69) is 27.7 Å². The molecule has 0 spiro atoms. The Morgan fingerprint density at radius 2 is 1.31 bits per heavy atom. The maximum atomic E-state index is 10.9. The topological polar surface area (TPSA) is 40.2 Å². The van der Waals surface area contributed by atoms with Gasteiger partial charge in [0, 0.05) is 13.1 Å². The molecule has 0 bridgehead atoms. The second-order valence-corrected chi connectivity index (χ2v) is 5.33. The summed E-state index contributed by atoms with van der Waals surface area (Å²) in [5.41, 5.74) is 0. The number of amides is 1. The molecular weight excluding hydrogens is 202 g/mol. The number of carbonyl (C=O) groups is 1. The fraction of sp³-hybridized carbons (Fsp3) is 0.923. The van der Waals surface area contributed by atoms with Crippen molar-refractivity contribution < 1.29 is 9.90 Å². The van der Waals surface area contributed by atoms with Crippen LogP contribution in [0.15, 0.2) is 0 Å². The third kappa shape index (κ3) is 8.57. The van der Waals surface area contributed by atoms with Gasteiger partial charge in [0.2, 0.25) is 0 Å². The Morgan fingerprint density at radius 1 is 0.938 bits per heavy atom. The molecule has 0 aliphatic heterocycles. The highest BCUT2D eigenvalue weighted by Gasteiger charge is 2.12. The van der Waals surface area contributed by atoms with Gasteiger partial charge >= 0.3 is 6.09 Å². The SMILES string of the molecule is CC(C)CCCN(CCCC(C)C)C([O])=O. The van der Waals surface area contributed by atoms with E-state index in [0.717, 1.165) is 25.7 Å². The number of rotatable bonds is 8. The first-order valence-electron chi connectivity index (χ1n) is 6.39. The van der Waals surface area contributed by atoms with Gasteiger partial charge < -0.3 is 4.90 Å². The average molecular weight is 228 g/mol. The molecule has 0 atom stereocenters. The van der Waals surface area contributed by atoms with Crippen LogP contribution in [0.4, 0.5) is 4.79 Å². The summed E-state index contributed by atoms with van der Waals surface area (Å²) in [5.74, 6) is 1.28. The summed E-state index contributed by atoms with van der Waals surface area (Å²) in [6.45, 7) is 9.87. The summed E-state index contributed by atoms with van der Waals surface area (Å²) < 4.78 is 0. The van der Waals surface area contributed by atoms with Gasteiger partial charge in [0.1, 0.15) is 0 Å². The Kier molecular flexibility index (Phi) is 8.04. The third-order valence-electron chi connectivity index (χ3n) is 2.68. The Bertz CT molecular complexity index is 176. The molecule has 0 N–H and O–H groups in total. The summed E-state index contributed by atoms with van der Waals surface area (Å²) in [6, 6.07) is 0. The molecule has 0 aliphatic rings. The predicted molar refractivity (Wildman–Crippen MR) is 65.8 cm³/mol. The summed E-state index contributed by atoms with van der Waals surface area (Å²) in [6.07, 6.45) is 3.01. The third-order valence-corrected chi connectivity index (χ3v) is 2.68. The Balaban J connectivity index is 3.76. The standard InChI is InChI=1S/C13H26NO2/c1-11(2)7-5-9-14(13(15)16)10-6-8-12(3)4/h11-12H,5-10H2,1-4H3. The maximum absolute atomic E-state index is 10.9. The molecule has 0 aromatic heterocycles. The van der Waals surface area contributed by atoms with Gasteiger partial charge in [-0.3, -0.25) is 0 Å². The minimum atomic E-state index is -1.02. The van der Waals surface area contributed by atoms with E-state index >= 15 is 0 Å². The van der Waals surface area contributed by atoms with E-state index in [4.69, 9.17) is 0 Å². The van der Waals surface area contributed by atoms with Crippen LogP contribution in [-0.2, 0) is 5.11 Å². The highest BCUT2D eigenvalue weighted by molar-refractivity contribution is 5.64. The van der Waals surface area contributed by atoms with Crippen LogP contribution < -0.4 is 0 Å². The number of hydrogen-bond acceptors (Lipinski definition) is 1. The highest BCUT2D eigenvalue weighted by Crippen LogP contribution is 2.08. The lowest BCUT2D eigenvalue weighted by molar-refractivity contribution is 0.117. The largest absolute Gasteiger partial charge is 0.453 e. The molecule has 0 heterocycles. The van der Waals surface area contributed by atoms with Crippen LogP contribution in [0.5, 0.6) is 0 Å². The molecule has 0 saturated heterocycles. The molecular formula is C13H26NO2. The van der Waals surface area contributed by atoms with Crippen molar-refractivity contribution in [3.8, 4) is 0 Å². The van der Waals surface area contributed by atoms with Gasteiger partial charge in [-0.25, -0.2) is 9.90 Å². The summed E-state index contributed by atoms with van der Waals surface area (Å²) in [4.78, 5) is 12.3. The lowest BCUT2D eigenvalue weighted by atomic mass is 10.1. The Morgan fingerprint density at radius 3 is 1.56 bits per heavy atom. The summed E-state index contributed by atoms with van der Waals surface area (Å²) >= 11 is 0. The number of hydrogen-bond donors (Lipinski definition) is 0. The predicted octanol–water partition coefficient (Wildman–Crippen LogP) is 3.71. The lowest BCUT2D eigenvalue weighted by Crippen LogP contribution is -2.31. The molecule has 95 valence electrons. The van der Waals surface area contributed by atoms with Crippen molar-refractivity contribution in [2.24, 2.45) is 11.8 Å². The second-order valence-electron chi connectivity index (χ2n) is 5.33. The minimum absolute atomic E-state index is 0.624. The lowest BCUT2D eigenvalue weighted by Gasteiger charge is -2.18. The molecule has 3 nitrogen and oxygen atoms in total. The molecule has 1 radical (unpaired) electrons. The first-order valence-corrected chi connectivity index (χ1v) is 6.39. The van der Waals surface area contributed by atoms with Crippen LogP contribution in [0, 0.1) is 11.8 Å². The van der Waals surface area contributed by atoms with E-state index < -0.39 is 6.09 Å². The van der Waals surface area contributed by atoms with E-state index in [1.165, 1.54) is 4.90 Å². The van der Waals surface area contributed by atoms with Gasteiger partial charge in [0.05, 0.1) is 0 Å². The van der Waals surface area contributed by atoms with Crippen molar-refractivity contribution in [2.45, 2.75) is 53.4 Å². The van der Waals surface area contributed by atoms with Crippen molar-refractivity contribution in [3.63, 3.8) is 0 Å². The molecule has 0 aromatic rings. The zero-order valence-corrected chi connectivity index (χ0v) is 11.2. The minimum Gasteiger partial charge on any atom is -0.305 e. The van der Waals surface area contributed by atoms with Crippen LogP contribution in [-0.4, -0.2) is 24.1 Å². The first kappa shape index (κ1) is 15.3. The van der Waals surface area contributed by atoms with Crippen molar-refractivity contribution in [1.82, 2.24) is 4.90 Å². The van der Waals surface area contributed by atoms with Gasteiger partial charge in [0.25, 0.3) is 0 Å². The van der Waals surface area contributed by atoms with E-state index in [0.29, 0.717) is 24.9 Å². The van der Waals surface area contributed by atoms with Gasteiger partial charge in [-0.15, -0.1) is 0 Å². The molecule has 0 aromatic carbocycles. The number of nitrogens with zero attached hydrogens (tertiary/aromatic N) is 1. The Labute approximate surface area is 99.8 Å². The quantitative estimate of drug-likeness (QED) is 0.624. The van der Waals surface area contributed by atoms with Crippen LogP contribution in [0.25, 0.3) is 0 Å². The van der Waals surface area contributed by atoms with Gasteiger partial charge in [0.15, 0.2) is 0 Å². The molecule has 1 amide bonds. The van der Waals surface area contributed by atoms with Crippen molar-refractivity contribution in [2.75, 3.05) is 13.1 Å². The molecule has 0 saturated carbocycles. The normalized spacial score (nSPS) is 11.1. The highest BCUT2D eigenvalue weighted by atomic mass is 16.4. The fourth-order valence-corrected chi connectivity index (χ4v) is 1.68. The van der Waals surface area contributed by atoms with E-state index in [-0.39, 0.29) is 0 Å². The fourth-order valence-electron chi connectivity index (χ4n) is 1.68. The van der Waals surface area contributed by atoms with Crippen molar-refractivity contribution in [3.05, 3.63) is 0 Å². The van der Waals surface area contributed by atoms with Gasteiger partial charge in [-0.1, -0.05) is 27.7 Å². The van der Waals surface area contributed by atoms with Crippen molar-refractivity contribution in [1.29, 1.82) is 0 Å². The van der Waals surface area contributed by atoms with E-state index in [1.807, 2.05) is 0 Å². The van der Waals surface area contributed by atoms with Gasteiger partial charge in [-0.2, -0.15) is 0 Å². The number of carbonyl (C=O) groups excluding carboxylic acids is 1. The monoisotopic (exact) mass is 228 g/mol. The van der Waals surface area contributed by atoms with Crippen LogP contribution in [0.1, 0.15) is 53.4 Å². The van der Waals surface area contributed by atoms with Crippen LogP contribution in [0.2, 0.25) is 0 Å². The zero-order chi connectivity index (χ0) is 12.6. The molecule has 0 rings (SSSR count). The van der Waals surface area contributed by atoms with Crippen LogP contribution >= 0.6 is 0 Å². The van der Waals surface area contributed by atoms with E-state index in [9.17, 15) is 9.90 Å². The Hall–Kier alpha value is -0.730.